The van der Waals surface area contributed by atoms with Crippen LogP contribution in [0.5, 0.6) is 5.75 Å². The van der Waals surface area contributed by atoms with Crippen LogP contribution in [0, 0.1) is 0 Å². The van der Waals surface area contributed by atoms with Gasteiger partial charge in [-0.2, -0.15) is 0 Å². The van der Waals surface area contributed by atoms with E-state index in [1.165, 1.54) is 0 Å². The van der Waals surface area contributed by atoms with Crippen molar-refractivity contribution >= 4 is 17.1 Å². The first-order valence-corrected chi connectivity index (χ1v) is 9.92. The van der Waals surface area contributed by atoms with E-state index in [4.69, 9.17) is 14.2 Å². The third-order valence-electron chi connectivity index (χ3n) is 4.88. The number of carbonyl (C=O) groups excluding carboxylic acids is 1. The molecule has 0 aliphatic carbocycles. The van der Waals surface area contributed by atoms with E-state index < -0.39 is 5.60 Å². The zero-order valence-electron chi connectivity index (χ0n) is 17.7. The van der Waals surface area contributed by atoms with Gasteiger partial charge in [0.25, 0.3) is 0 Å². The van der Waals surface area contributed by atoms with E-state index in [9.17, 15) is 4.79 Å². The van der Waals surface area contributed by atoms with Gasteiger partial charge in [-0.1, -0.05) is 12.1 Å². The zero-order valence-corrected chi connectivity index (χ0v) is 17.7. The van der Waals surface area contributed by atoms with Crippen LogP contribution in [0.25, 0.3) is 22.3 Å². The fourth-order valence-corrected chi connectivity index (χ4v) is 3.55. The van der Waals surface area contributed by atoms with Crippen LogP contribution in [0.15, 0.2) is 30.3 Å². The average Bonchev–Trinajstić information content (AvgIpc) is 3.08. The molecule has 2 aromatic heterocycles. The maximum Gasteiger partial charge on any atom is 0.410 e. The zero-order chi connectivity index (χ0) is 21.3. The largest absolute Gasteiger partial charge is 0.467 e. The Morgan fingerprint density at radius 3 is 2.80 bits per heavy atom. The maximum absolute atomic E-state index is 12.6. The Morgan fingerprint density at radius 2 is 2.03 bits per heavy atom. The molecule has 0 fully saturated rings. The van der Waals surface area contributed by atoms with Gasteiger partial charge in [0.05, 0.1) is 12.2 Å². The molecule has 0 unspecified atom stereocenters. The number of nitrogens with one attached hydrogen (secondary N) is 1. The van der Waals surface area contributed by atoms with Crippen molar-refractivity contribution in [3.05, 3.63) is 41.6 Å². The predicted molar refractivity (Wildman–Crippen MR) is 112 cm³/mol. The highest BCUT2D eigenvalue weighted by molar-refractivity contribution is 5.86. The summed E-state index contributed by atoms with van der Waals surface area (Å²) in [5.41, 5.74) is 3.85. The van der Waals surface area contributed by atoms with Gasteiger partial charge in [0.2, 0.25) is 0 Å². The number of amides is 1. The molecule has 0 radical (unpaired) electrons. The summed E-state index contributed by atoms with van der Waals surface area (Å²) in [4.78, 5) is 17.6. The topological polar surface area (TPSA) is 89.6 Å². The number of rotatable bonds is 4. The van der Waals surface area contributed by atoms with Crippen molar-refractivity contribution in [1.29, 1.82) is 0 Å². The van der Waals surface area contributed by atoms with Crippen LogP contribution in [0.1, 0.15) is 32.0 Å². The number of aromatic amines is 1. The molecule has 1 aromatic carbocycles. The molecule has 8 nitrogen and oxygen atoms in total. The van der Waals surface area contributed by atoms with Crippen LogP contribution < -0.4 is 4.74 Å². The Bertz CT molecular complexity index is 1070. The molecule has 1 amide bonds. The summed E-state index contributed by atoms with van der Waals surface area (Å²) in [7, 11) is 1.58. The number of fused-ring (bicyclic) bond motifs is 3. The Labute approximate surface area is 175 Å². The summed E-state index contributed by atoms with van der Waals surface area (Å²) in [6, 6.07) is 9.63. The molecule has 0 spiro atoms. The lowest BCUT2D eigenvalue weighted by Gasteiger charge is -2.30. The number of H-pyrrole nitrogens is 1. The van der Waals surface area contributed by atoms with Gasteiger partial charge in [-0.3, -0.25) is 0 Å². The number of hydrogen-bond donors (Lipinski definition) is 1. The van der Waals surface area contributed by atoms with Crippen LogP contribution in [-0.4, -0.2) is 52.2 Å². The summed E-state index contributed by atoms with van der Waals surface area (Å²) in [6.07, 6.45) is 0.413. The van der Waals surface area contributed by atoms with E-state index in [2.05, 4.69) is 15.2 Å². The normalized spacial score (nSPS) is 13.9. The van der Waals surface area contributed by atoms with Crippen LogP contribution in [0.2, 0.25) is 0 Å². The van der Waals surface area contributed by atoms with Crippen molar-refractivity contribution in [2.24, 2.45) is 0 Å². The molecule has 0 saturated carbocycles. The fourth-order valence-electron chi connectivity index (χ4n) is 3.55. The van der Waals surface area contributed by atoms with Gasteiger partial charge < -0.3 is 24.1 Å². The molecule has 1 aliphatic rings. The molecule has 1 N–H and O–H groups in total. The molecule has 30 heavy (non-hydrogen) atoms. The van der Waals surface area contributed by atoms with Crippen molar-refractivity contribution in [2.45, 2.75) is 39.3 Å². The third kappa shape index (κ3) is 4.09. The van der Waals surface area contributed by atoms with E-state index in [1.807, 2.05) is 51.1 Å². The van der Waals surface area contributed by atoms with Crippen molar-refractivity contribution in [2.75, 3.05) is 20.4 Å². The number of ether oxygens (including phenoxy) is 3. The molecule has 4 rings (SSSR count). The molecule has 0 bridgehead atoms. The lowest BCUT2D eigenvalue weighted by atomic mass is 10.0. The Balaban J connectivity index is 1.67. The summed E-state index contributed by atoms with van der Waals surface area (Å²) >= 11 is 0. The lowest BCUT2D eigenvalue weighted by Crippen LogP contribution is -2.39. The number of hydrogen-bond acceptors (Lipinski definition) is 6. The van der Waals surface area contributed by atoms with E-state index in [-0.39, 0.29) is 12.9 Å². The molecule has 3 heterocycles. The summed E-state index contributed by atoms with van der Waals surface area (Å²) in [5, 5.41) is 9.72. The summed E-state index contributed by atoms with van der Waals surface area (Å²) in [5.74, 6) is 0.674. The average molecular weight is 410 g/mol. The van der Waals surface area contributed by atoms with Gasteiger partial charge >= 0.3 is 6.09 Å². The first-order valence-electron chi connectivity index (χ1n) is 9.92. The van der Waals surface area contributed by atoms with Crippen LogP contribution >= 0.6 is 0 Å². The molecule has 0 saturated heterocycles. The number of methoxy groups -OCH3 is 1. The molecule has 8 heteroatoms. The number of para-hydroxylation sites is 1. The van der Waals surface area contributed by atoms with Crippen molar-refractivity contribution < 1.29 is 19.0 Å². The Morgan fingerprint density at radius 1 is 1.23 bits per heavy atom. The first-order chi connectivity index (χ1) is 14.4. The van der Waals surface area contributed by atoms with Gasteiger partial charge in [-0.25, -0.2) is 4.79 Å². The molecular weight excluding hydrogens is 384 g/mol. The summed E-state index contributed by atoms with van der Waals surface area (Å²) in [6.45, 7) is 6.84. The molecular formula is C22H26N4O4. The lowest BCUT2D eigenvalue weighted by molar-refractivity contribution is 0.0224. The molecule has 0 atom stereocenters. The second kappa shape index (κ2) is 7.95. The summed E-state index contributed by atoms with van der Waals surface area (Å²) < 4.78 is 16.2. The fraction of sp³-hybridized carbons (Fsp3) is 0.409. The van der Waals surface area contributed by atoms with Crippen LogP contribution in [-0.2, 0) is 22.4 Å². The highest BCUT2D eigenvalue weighted by Crippen LogP contribution is 2.33. The quantitative estimate of drug-likeness (QED) is 0.656. The smallest absolute Gasteiger partial charge is 0.410 e. The highest BCUT2D eigenvalue weighted by Gasteiger charge is 2.28. The minimum Gasteiger partial charge on any atom is -0.467 e. The van der Waals surface area contributed by atoms with Crippen LogP contribution in [0.3, 0.4) is 0 Å². The maximum atomic E-state index is 12.6. The van der Waals surface area contributed by atoms with Gasteiger partial charge in [0.15, 0.2) is 12.4 Å². The van der Waals surface area contributed by atoms with E-state index >= 15 is 0 Å². The number of carbonyl (C=O) groups is 1. The number of aromatic nitrogens is 3. The van der Waals surface area contributed by atoms with Crippen LogP contribution in [0.4, 0.5) is 4.79 Å². The highest BCUT2D eigenvalue weighted by atomic mass is 16.7. The van der Waals surface area contributed by atoms with Crippen molar-refractivity contribution in [3.63, 3.8) is 0 Å². The second-order valence-electron chi connectivity index (χ2n) is 8.27. The first kappa shape index (κ1) is 20.2. The molecule has 1 aliphatic heterocycles. The second-order valence-corrected chi connectivity index (χ2v) is 8.27. The van der Waals surface area contributed by atoms with E-state index in [0.717, 1.165) is 22.2 Å². The standard InChI is InChI=1S/C22H26N4O4/c1-22(2,3)30-21(27)26-10-9-17-16(12-26)15-11-18(24-25-20(15)23-17)14-7-5-6-8-19(14)29-13-28-4/h5-8,11H,9-10,12-13H2,1-4H3,(H,23,25). The van der Waals surface area contributed by atoms with E-state index in [0.29, 0.717) is 36.6 Å². The van der Waals surface area contributed by atoms with E-state index in [1.54, 1.807) is 12.0 Å². The van der Waals surface area contributed by atoms with Gasteiger partial charge in [0, 0.05) is 42.3 Å². The van der Waals surface area contributed by atoms with Crippen molar-refractivity contribution in [1.82, 2.24) is 20.1 Å². The number of benzene rings is 1. The predicted octanol–water partition coefficient (Wildman–Crippen LogP) is 3.90. The minimum atomic E-state index is -0.526. The van der Waals surface area contributed by atoms with Crippen molar-refractivity contribution in [3.8, 4) is 17.0 Å². The minimum absolute atomic E-state index is 0.150. The Kier molecular flexibility index (Phi) is 5.34. The molecule has 3 aromatic rings. The monoisotopic (exact) mass is 410 g/mol. The SMILES string of the molecule is COCOc1ccccc1-c1cc2c3c([nH]c2nn1)CCN(C(=O)OC(C)(C)C)C3. The van der Waals surface area contributed by atoms with Gasteiger partial charge in [-0.15, -0.1) is 10.2 Å². The molecule has 158 valence electrons. The Hall–Kier alpha value is -3.13. The number of nitrogens with zero attached hydrogens (tertiary/aromatic N) is 3. The third-order valence-corrected chi connectivity index (χ3v) is 4.88. The van der Waals surface area contributed by atoms with Gasteiger partial charge in [0.1, 0.15) is 11.4 Å². The van der Waals surface area contributed by atoms with Gasteiger partial charge in [-0.05, 0) is 39.0 Å².